The standard InChI is InChI=1S/C37H72/c1-3-5-7-9-11-13-15-17-19-21-23-25-27-29-31-33-35-37-36-34-32-30-28-26-24-22-20-18-16-14-12-10-8-6-4-2/h1,3H,2,4-37H2. The second-order valence-corrected chi connectivity index (χ2v) is 12.2. The van der Waals surface area contributed by atoms with Crippen LogP contribution >= 0.6 is 0 Å². The minimum absolute atomic E-state index is 1.10. The van der Waals surface area contributed by atoms with Gasteiger partial charge in [-0.05, 0) is 12.8 Å². The molecule has 0 fully saturated rings. The van der Waals surface area contributed by atoms with Crippen LogP contribution in [0.25, 0.3) is 0 Å². The van der Waals surface area contributed by atoms with E-state index >= 15 is 0 Å². The molecule has 0 aliphatic heterocycles. The number of hydrogen-bond donors (Lipinski definition) is 0. The van der Waals surface area contributed by atoms with E-state index in [9.17, 15) is 0 Å². The Hall–Kier alpha value is -0.260. The van der Waals surface area contributed by atoms with Crippen LogP contribution < -0.4 is 0 Å². The lowest BCUT2D eigenvalue weighted by atomic mass is 10.0. The summed E-state index contributed by atoms with van der Waals surface area (Å²) in [4.78, 5) is 0. The van der Waals surface area contributed by atoms with Crippen LogP contribution in [-0.4, -0.2) is 0 Å². The number of hydrogen-bond acceptors (Lipinski definition) is 0. The molecule has 0 amide bonds. The summed E-state index contributed by atoms with van der Waals surface area (Å²) in [5.41, 5.74) is 0. The molecule has 0 heteroatoms. The summed E-state index contributed by atoms with van der Waals surface area (Å²) in [7, 11) is 0. The first-order valence-electron chi connectivity index (χ1n) is 17.7. The van der Waals surface area contributed by atoms with E-state index in [1.54, 1.807) is 0 Å². The summed E-state index contributed by atoms with van der Waals surface area (Å²) in [6.45, 7) is 9.34. The zero-order chi connectivity index (χ0) is 26.7. The highest BCUT2D eigenvalue weighted by Gasteiger charge is 1.97. The predicted molar refractivity (Wildman–Crippen MR) is 171 cm³/mol. The molecule has 0 bridgehead atoms. The number of rotatable bonds is 34. The van der Waals surface area contributed by atoms with E-state index in [4.69, 9.17) is 6.58 Å². The van der Waals surface area contributed by atoms with Gasteiger partial charge >= 0.3 is 0 Å². The lowest BCUT2D eigenvalue weighted by Gasteiger charge is -2.05. The van der Waals surface area contributed by atoms with Gasteiger partial charge in [0.25, 0.3) is 0 Å². The molecule has 0 heterocycles. The molecule has 0 unspecified atom stereocenters. The minimum Gasteiger partial charge on any atom is -0.0845 e. The van der Waals surface area contributed by atoms with E-state index in [1.807, 2.05) is 6.08 Å². The first-order chi connectivity index (χ1) is 18.4. The lowest BCUT2D eigenvalue weighted by Crippen LogP contribution is -1.85. The Kier molecular flexibility index (Phi) is 35.5. The molecule has 0 spiro atoms. The van der Waals surface area contributed by atoms with Gasteiger partial charge in [-0.1, -0.05) is 225 Å². The van der Waals surface area contributed by atoms with Crippen LogP contribution in [0.3, 0.4) is 0 Å². The van der Waals surface area contributed by atoms with E-state index in [1.165, 1.54) is 205 Å². The van der Waals surface area contributed by atoms with Crippen molar-refractivity contribution in [1.29, 1.82) is 0 Å². The average Bonchev–Trinajstić information content (AvgIpc) is 2.91. The van der Waals surface area contributed by atoms with Gasteiger partial charge in [-0.15, -0.1) is 0 Å². The highest BCUT2D eigenvalue weighted by atomic mass is 14.0. The fourth-order valence-corrected chi connectivity index (χ4v) is 5.74. The minimum atomic E-state index is 1.10. The normalized spacial score (nSPS) is 11.4. The Morgan fingerprint density at radius 3 is 0.595 bits per heavy atom. The monoisotopic (exact) mass is 517 g/mol. The summed E-state index contributed by atoms with van der Waals surface area (Å²) >= 11 is 0. The summed E-state index contributed by atoms with van der Waals surface area (Å²) in [6, 6.07) is 0. The summed E-state index contributed by atoms with van der Waals surface area (Å²) in [5.74, 6) is 0. The topological polar surface area (TPSA) is 0 Å². The molecule has 0 aromatic carbocycles. The van der Waals surface area contributed by atoms with Crippen molar-refractivity contribution in [2.24, 2.45) is 0 Å². The first kappa shape index (κ1) is 36.7. The molecule has 0 aromatic rings. The highest BCUT2D eigenvalue weighted by molar-refractivity contribution is 4.61. The molecule has 0 saturated carbocycles. The Morgan fingerprint density at radius 1 is 0.270 bits per heavy atom. The maximum absolute atomic E-state index is 5.42. The van der Waals surface area contributed by atoms with Gasteiger partial charge < -0.3 is 0 Å². The molecule has 0 N–H and O–H groups in total. The molecule has 0 nitrogen and oxygen atoms in total. The van der Waals surface area contributed by atoms with Gasteiger partial charge in [-0.3, -0.25) is 0 Å². The Balaban J connectivity index is 3.01. The van der Waals surface area contributed by atoms with Crippen LogP contribution in [0.5, 0.6) is 0 Å². The Labute approximate surface area is 237 Å². The fraction of sp³-hybridized carbons (Fsp3) is 0.919. The van der Waals surface area contributed by atoms with E-state index in [-0.39, 0.29) is 0 Å². The van der Waals surface area contributed by atoms with Crippen LogP contribution in [0.2, 0.25) is 0 Å². The van der Waals surface area contributed by atoms with E-state index in [0.717, 1.165) is 12.8 Å². The molecule has 0 aliphatic rings. The van der Waals surface area contributed by atoms with Crippen LogP contribution in [0.4, 0.5) is 0 Å². The largest absolute Gasteiger partial charge is 0.0845 e. The molecule has 2 radical (unpaired) electrons. The van der Waals surface area contributed by atoms with Gasteiger partial charge in [0, 0.05) is 0 Å². The Bertz CT molecular complexity index is 383. The highest BCUT2D eigenvalue weighted by Crippen LogP contribution is 2.17. The molecular formula is C37H72. The summed E-state index contributed by atoms with van der Waals surface area (Å²) in [6.07, 6.45) is 50.7. The second kappa shape index (κ2) is 35.7. The molecule has 37 heavy (non-hydrogen) atoms. The van der Waals surface area contributed by atoms with Crippen molar-refractivity contribution in [3.05, 3.63) is 19.6 Å². The molecule has 0 aromatic heterocycles. The predicted octanol–water partition coefficient (Wildman–Crippen LogP) is 14.1. The quantitative estimate of drug-likeness (QED) is 0.0746. The van der Waals surface area contributed by atoms with Crippen LogP contribution in [0.1, 0.15) is 218 Å². The summed E-state index contributed by atoms with van der Waals surface area (Å²) in [5, 5.41) is 0. The fourth-order valence-electron chi connectivity index (χ4n) is 5.74. The average molecular weight is 517 g/mol. The zero-order valence-electron chi connectivity index (χ0n) is 25.9. The number of unbranched alkanes of at least 4 members (excludes halogenated alkanes) is 33. The van der Waals surface area contributed by atoms with Gasteiger partial charge in [0.1, 0.15) is 0 Å². The van der Waals surface area contributed by atoms with Gasteiger partial charge in [-0.2, -0.15) is 0 Å². The third kappa shape index (κ3) is 35.7. The van der Waals surface area contributed by atoms with Gasteiger partial charge in [-0.25, -0.2) is 0 Å². The molecule has 0 rings (SSSR count). The van der Waals surface area contributed by atoms with Crippen molar-refractivity contribution >= 4 is 0 Å². The van der Waals surface area contributed by atoms with E-state index in [2.05, 4.69) is 6.92 Å². The van der Waals surface area contributed by atoms with Crippen molar-refractivity contribution in [3.63, 3.8) is 0 Å². The number of allylic oxidation sites excluding steroid dienone is 1. The van der Waals surface area contributed by atoms with Gasteiger partial charge in [0.05, 0.1) is 0 Å². The van der Waals surface area contributed by atoms with E-state index < -0.39 is 0 Å². The Morgan fingerprint density at radius 2 is 0.432 bits per heavy atom. The summed E-state index contributed by atoms with van der Waals surface area (Å²) < 4.78 is 0. The van der Waals surface area contributed by atoms with Crippen molar-refractivity contribution < 1.29 is 0 Å². The maximum atomic E-state index is 5.42. The van der Waals surface area contributed by atoms with Crippen LogP contribution in [0, 0.1) is 13.5 Å². The lowest BCUT2D eigenvalue weighted by molar-refractivity contribution is 0.512. The zero-order valence-corrected chi connectivity index (χ0v) is 25.9. The van der Waals surface area contributed by atoms with Crippen molar-refractivity contribution in [1.82, 2.24) is 0 Å². The van der Waals surface area contributed by atoms with Crippen molar-refractivity contribution in [3.8, 4) is 0 Å². The third-order valence-corrected chi connectivity index (χ3v) is 8.37. The first-order valence-corrected chi connectivity index (χ1v) is 17.7. The molecule has 0 saturated heterocycles. The molecule has 0 atom stereocenters. The van der Waals surface area contributed by atoms with Gasteiger partial charge in [0.15, 0.2) is 0 Å². The SMILES string of the molecule is [CH]=CCCCCCCCCCCCCCCCCCCCCCCCCCCCCCCCCCC[CH2]. The molecule has 220 valence electrons. The maximum Gasteiger partial charge on any atom is -0.0348 e. The van der Waals surface area contributed by atoms with Crippen LogP contribution in [-0.2, 0) is 0 Å². The van der Waals surface area contributed by atoms with E-state index in [0.29, 0.717) is 0 Å². The van der Waals surface area contributed by atoms with Crippen molar-refractivity contribution in [2.45, 2.75) is 218 Å². The van der Waals surface area contributed by atoms with Crippen LogP contribution in [0.15, 0.2) is 6.08 Å². The second-order valence-electron chi connectivity index (χ2n) is 12.2. The third-order valence-electron chi connectivity index (χ3n) is 8.37. The van der Waals surface area contributed by atoms with Gasteiger partial charge in [0.2, 0.25) is 0 Å². The molecule has 0 aliphatic carbocycles. The molecular weight excluding hydrogens is 444 g/mol. The smallest absolute Gasteiger partial charge is 0.0348 e. The van der Waals surface area contributed by atoms with Crippen molar-refractivity contribution in [2.75, 3.05) is 0 Å².